The first-order valence-electron chi connectivity index (χ1n) is 7.78. The van der Waals surface area contributed by atoms with E-state index in [0.717, 1.165) is 22.2 Å². The highest BCUT2D eigenvalue weighted by molar-refractivity contribution is 8.26. The number of carbonyl (C=O) groups is 3. The molecule has 1 aromatic rings. The first-order valence-corrected chi connectivity index (χ1v) is 9.00. The van der Waals surface area contributed by atoms with Crippen molar-refractivity contribution >= 4 is 52.2 Å². The number of benzene rings is 1. The Bertz CT molecular complexity index is 759. The Kier molecular flexibility index (Phi) is 6.76. The summed E-state index contributed by atoms with van der Waals surface area (Å²) in [7, 11) is 0. The predicted molar refractivity (Wildman–Crippen MR) is 101 cm³/mol. The van der Waals surface area contributed by atoms with Crippen molar-refractivity contribution in [2.75, 3.05) is 6.61 Å². The Labute approximate surface area is 159 Å². The molecule has 0 aromatic heterocycles. The van der Waals surface area contributed by atoms with Crippen molar-refractivity contribution in [1.82, 2.24) is 4.90 Å². The van der Waals surface area contributed by atoms with E-state index in [2.05, 4.69) is 0 Å². The van der Waals surface area contributed by atoms with Crippen LogP contribution in [0.1, 0.15) is 25.3 Å². The number of carbonyl (C=O) groups excluding carboxylic acids is 1. The Morgan fingerprint density at radius 2 is 1.96 bits per heavy atom. The lowest BCUT2D eigenvalue weighted by Crippen LogP contribution is -2.44. The summed E-state index contributed by atoms with van der Waals surface area (Å²) in [6.45, 7) is 2.42. The lowest BCUT2D eigenvalue weighted by molar-refractivity contribution is -0.146. The second kappa shape index (κ2) is 8.81. The molecule has 1 atom stereocenters. The Morgan fingerprint density at radius 1 is 1.31 bits per heavy atom. The molecule has 1 heterocycles. The first kappa shape index (κ1) is 19.9. The average molecular weight is 395 g/mol. The van der Waals surface area contributed by atoms with Crippen LogP contribution in [0.4, 0.5) is 0 Å². The predicted octanol–water partition coefficient (Wildman–Crippen LogP) is 2.60. The largest absolute Gasteiger partial charge is 0.494 e. The van der Waals surface area contributed by atoms with E-state index >= 15 is 0 Å². The molecule has 1 fully saturated rings. The molecule has 1 amide bonds. The van der Waals surface area contributed by atoms with Crippen molar-refractivity contribution in [2.45, 2.75) is 25.8 Å². The van der Waals surface area contributed by atoms with Gasteiger partial charge in [-0.25, -0.2) is 4.79 Å². The zero-order valence-corrected chi connectivity index (χ0v) is 15.5. The van der Waals surface area contributed by atoms with Gasteiger partial charge in [0, 0.05) is 6.42 Å². The molecule has 0 bridgehead atoms. The number of hydrogen-bond acceptors (Lipinski definition) is 6. The van der Waals surface area contributed by atoms with Crippen molar-refractivity contribution in [1.29, 1.82) is 0 Å². The van der Waals surface area contributed by atoms with Crippen molar-refractivity contribution in [2.24, 2.45) is 0 Å². The third kappa shape index (κ3) is 4.83. The average Bonchev–Trinajstić information content (AvgIpc) is 2.84. The molecule has 26 heavy (non-hydrogen) atoms. The SMILES string of the molecule is CCOc1ccc(/C=C2\SC(=S)N([C@@H](CCC(=O)O)C(=O)O)C2=O)cc1. The summed E-state index contributed by atoms with van der Waals surface area (Å²) in [5, 5.41) is 18.1. The minimum Gasteiger partial charge on any atom is -0.494 e. The minimum absolute atomic E-state index is 0.102. The van der Waals surface area contributed by atoms with Crippen molar-refractivity contribution in [3.05, 3.63) is 34.7 Å². The topological polar surface area (TPSA) is 104 Å². The highest BCUT2D eigenvalue weighted by Crippen LogP contribution is 2.35. The van der Waals surface area contributed by atoms with Gasteiger partial charge in [0.25, 0.3) is 5.91 Å². The zero-order chi connectivity index (χ0) is 19.3. The van der Waals surface area contributed by atoms with E-state index in [-0.39, 0.29) is 17.2 Å². The number of ether oxygens (including phenoxy) is 1. The van der Waals surface area contributed by atoms with Crippen LogP contribution in [-0.2, 0) is 14.4 Å². The molecule has 2 rings (SSSR count). The Balaban J connectivity index is 2.20. The summed E-state index contributed by atoms with van der Waals surface area (Å²) in [6.07, 6.45) is 1.03. The third-order valence-electron chi connectivity index (χ3n) is 3.54. The molecule has 0 saturated carbocycles. The summed E-state index contributed by atoms with van der Waals surface area (Å²) >= 11 is 6.14. The Hall–Kier alpha value is -2.39. The fraction of sp³-hybridized carbons (Fsp3) is 0.294. The van der Waals surface area contributed by atoms with Gasteiger partial charge in [-0.05, 0) is 37.1 Å². The molecule has 1 saturated heterocycles. The van der Waals surface area contributed by atoms with E-state index in [1.54, 1.807) is 30.3 Å². The summed E-state index contributed by atoms with van der Waals surface area (Å²) < 4.78 is 5.46. The molecule has 0 aliphatic carbocycles. The number of carboxylic acid groups (broad SMARTS) is 2. The lowest BCUT2D eigenvalue weighted by Gasteiger charge is -2.22. The number of thioether (sulfide) groups is 1. The molecule has 0 unspecified atom stereocenters. The van der Waals surface area contributed by atoms with Gasteiger partial charge in [0.2, 0.25) is 0 Å². The number of thiocarbonyl (C=S) groups is 1. The molecule has 1 aliphatic rings. The van der Waals surface area contributed by atoms with Gasteiger partial charge < -0.3 is 14.9 Å². The van der Waals surface area contributed by atoms with Gasteiger partial charge in [-0.1, -0.05) is 36.1 Å². The molecule has 7 nitrogen and oxygen atoms in total. The number of amides is 1. The van der Waals surface area contributed by atoms with Gasteiger partial charge in [-0.2, -0.15) is 0 Å². The van der Waals surface area contributed by atoms with Crippen molar-refractivity contribution < 1.29 is 29.3 Å². The maximum atomic E-state index is 12.6. The maximum absolute atomic E-state index is 12.6. The van der Waals surface area contributed by atoms with Crippen LogP contribution in [0.5, 0.6) is 5.75 Å². The van der Waals surface area contributed by atoms with Crippen molar-refractivity contribution in [3.8, 4) is 5.75 Å². The molecule has 2 N–H and O–H groups in total. The molecule has 138 valence electrons. The van der Waals surface area contributed by atoms with Crippen LogP contribution >= 0.6 is 24.0 Å². The first-order chi connectivity index (χ1) is 12.3. The van der Waals surface area contributed by atoms with Gasteiger partial charge in [-0.15, -0.1) is 0 Å². The van der Waals surface area contributed by atoms with Gasteiger partial charge in [0.15, 0.2) is 0 Å². The summed E-state index contributed by atoms with van der Waals surface area (Å²) in [5.41, 5.74) is 0.742. The quantitative estimate of drug-likeness (QED) is 0.511. The van der Waals surface area contributed by atoms with Crippen LogP contribution < -0.4 is 4.74 Å². The summed E-state index contributed by atoms with van der Waals surface area (Å²) in [6, 6.07) is 5.78. The second-order valence-corrected chi connectivity index (χ2v) is 7.02. The minimum atomic E-state index is -1.30. The standard InChI is InChI=1S/C17H17NO6S2/c1-2-24-11-5-3-10(4-6-11)9-13-15(21)18(17(25)26-13)12(16(22)23)7-8-14(19)20/h3-6,9,12H,2,7-8H2,1H3,(H,19,20)(H,22,23)/b13-9-/t12-/m0/s1. The van der Waals surface area contributed by atoms with Gasteiger partial charge in [0.05, 0.1) is 11.5 Å². The summed E-state index contributed by atoms with van der Waals surface area (Å²) in [4.78, 5) is 36.1. The number of rotatable bonds is 8. The van der Waals surface area contributed by atoms with E-state index in [0.29, 0.717) is 17.3 Å². The number of aliphatic carboxylic acids is 2. The van der Waals surface area contributed by atoms with Crippen molar-refractivity contribution in [3.63, 3.8) is 0 Å². The van der Waals surface area contributed by atoms with Gasteiger partial charge in [-0.3, -0.25) is 14.5 Å². The normalized spacial score (nSPS) is 16.8. The lowest BCUT2D eigenvalue weighted by atomic mass is 10.1. The van der Waals surface area contributed by atoms with Crippen LogP contribution in [0.3, 0.4) is 0 Å². The van der Waals surface area contributed by atoms with Crippen LogP contribution in [0.2, 0.25) is 0 Å². The van der Waals surface area contributed by atoms with Crippen LogP contribution in [-0.4, -0.2) is 49.9 Å². The molecular weight excluding hydrogens is 378 g/mol. The Morgan fingerprint density at radius 3 is 2.50 bits per heavy atom. The van der Waals surface area contributed by atoms with E-state index in [1.165, 1.54) is 0 Å². The van der Waals surface area contributed by atoms with E-state index in [4.69, 9.17) is 22.1 Å². The molecule has 0 radical (unpaired) electrons. The van der Waals surface area contributed by atoms with Crippen LogP contribution in [0.15, 0.2) is 29.2 Å². The molecule has 1 aliphatic heterocycles. The van der Waals surface area contributed by atoms with Crippen LogP contribution in [0, 0.1) is 0 Å². The summed E-state index contributed by atoms with van der Waals surface area (Å²) in [5.74, 6) is -2.25. The molecular formula is C17H17NO6S2. The number of carboxylic acids is 2. The van der Waals surface area contributed by atoms with Gasteiger partial charge >= 0.3 is 11.9 Å². The maximum Gasteiger partial charge on any atom is 0.326 e. The van der Waals surface area contributed by atoms with E-state index in [9.17, 15) is 19.5 Å². The number of hydrogen-bond donors (Lipinski definition) is 2. The van der Waals surface area contributed by atoms with Gasteiger partial charge in [0.1, 0.15) is 16.1 Å². The zero-order valence-electron chi connectivity index (χ0n) is 13.9. The fourth-order valence-corrected chi connectivity index (χ4v) is 3.71. The fourth-order valence-electron chi connectivity index (χ4n) is 2.35. The van der Waals surface area contributed by atoms with Crippen LogP contribution in [0.25, 0.3) is 6.08 Å². The highest BCUT2D eigenvalue weighted by Gasteiger charge is 2.40. The monoisotopic (exact) mass is 395 g/mol. The second-order valence-electron chi connectivity index (χ2n) is 5.34. The van der Waals surface area contributed by atoms with E-state index < -0.39 is 23.9 Å². The molecule has 0 spiro atoms. The van der Waals surface area contributed by atoms with E-state index in [1.807, 2.05) is 6.92 Å². The number of nitrogens with zero attached hydrogens (tertiary/aromatic N) is 1. The third-order valence-corrected chi connectivity index (χ3v) is 4.87. The molecule has 9 heteroatoms. The smallest absolute Gasteiger partial charge is 0.326 e. The highest BCUT2D eigenvalue weighted by atomic mass is 32.2. The molecule has 1 aromatic carbocycles.